The van der Waals surface area contributed by atoms with Crippen LogP contribution in [0.25, 0.3) is 10.8 Å². The summed E-state index contributed by atoms with van der Waals surface area (Å²) in [5, 5.41) is 2.18. The number of nitrogens with zero attached hydrogens (tertiary/aromatic N) is 2. The third-order valence-corrected chi connectivity index (χ3v) is 5.51. The van der Waals surface area contributed by atoms with E-state index in [9.17, 15) is 4.79 Å². The number of rotatable bonds is 4. The van der Waals surface area contributed by atoms with Crippen molar-refractivity contribution in [3.05, 3.63) is 78.1 Å². The summed E-state index contributed by atoms with van der Waals surface area (Å²) in [6, 6.07) is 19.4. The number of esters is 1. The van der Waals surface area contributed by atoms with E-state index < -0.39 is 5.60 Å². The van der Waals surface area contributed by atoms with Crippen molar-refractivity contribution in [2.24, 2.45) is 0 Å². The SMILES string of the molecule is CCN1CCC(OC(=O)c2ccccc2)(c2nccc3ccccc23)CC1. The topological polar surface area (TPSA) is 42.4 Å². The van der Waals surface area contributed by atoms with E-state index in [1.165, 1.54) is 0 Å². The van der Waals surface area contributed by atoms with Crippen molar-refractivity contribution in [3.8, 4) is 0 Å². The van der Waals surface area contributed by atoms with E-state index in [1.807, 2.05) is 42.6 Å². The molecule has 0 radical (unpaired) electrons. The summed E-state index contributed by atoms with van der Waals surface area (Å²) in [4.78, 5) is 20.0. The lowest BCUT2D eigenvalue weighted by molar-refractivity contribution is -0.0563. The smallest absolute Gasteiger partial charge is 0.339 e. The Morgan fingerprint density at radius 1 is 1.04 bits per heavy atom. The normalized spacial score (nSPS) is 16.9. The highest BCUT2D eigenvalue weighted by Gasteiger charge is 2.42. The van der Waals surface area contributed by atoms with Crippen LogP contribution in [0.5, 0.6) is 0 Å². The number of carbonyl (C=O) groups is 1. The predicted molar refractivity (Wildman–Crippen MR) is 107 cm³/mol. The highest BCUT2D eigenvalue weighted by atomic mass is 16.6. The third kappa shape index (κ3) is 3.45. The molecule has 0 saturated carbocycles. The number of ether oxygens (including phenoxy) is 1. The van der Waals surface area contributed by atoms with E-state index >= 15 is 0 Å². The molecule has 27 heavy (non-hydrogen) atoms. The van der Waals surface area contributed by atoms with Gasteiger partial charge in [0, 0.05) is 37.5 Å². The van der Waals surface area contributed by atoms with Crippen molar-refractivity contribution in [3.63, 3.8) is 0 Å². The fourth-order valence-electron chi connectivity index (χ4n) is 3.91. The molecule has 3 aromatic rings. The van der Waals surface area contributed by atoms with Crippen molar-refractivity contribution in [1.29, 1.82) is 0 Å². The average Bonchev–Trinajstić information content (AvgIpc) is 2.74. The van der Waals surface area contributed by atoms with Crippen LogP contribution >= 0.6 is 0 Å². The Balaban J connectivity index is 1.76. The Labute approximate surface area is 159 Å². The van der Waals surface area contributed by atoms with Crippen LogP contribution in [0.3, 0.4) is 0 Å². The maximum Gasteiger partial charge on any atom is 0.339 e. The minimum Gasteiger partial charge on any atom is -0.449 e. The van der Waals surface area contributed by atoms with E-state index in [0.717, 1.165) is 48.9 Å². The molecule has 0 atom stereocenters. The molecule has 1 saturated heterocycles. The van der Waals surface area contributed by atoms with Gasteiger partial charge in [-0.15, -0.1) is 0 Å². The minimum absolute atomic E-state index is 0.282. The van der Waals surface area contributed by atoms with Crippen LogP contribution in [0, 0.1) is 0 Å². The molecule has 1 aliphatic heterocycles. The fourth-order valence-corrected chi connectivity index (χ4v) is 3.91. The van der Waals surface area contributed by atoms with Crippen LogP contribution in [0.1, 0.15) is 35.8 Å². The van der Waals surface area contributed by atoms with Gasteiger partial charge in [-0.2, -0.15) is 0 Å². The third-order valence-electron chi connectivity index (χ3n) is 5.51. The second-order valence-corrected chi connectivity index (χ2v) is 7.06. The van der Waals surface area contributed by atoms with Crippen molar-refractivity contribution in [2.45, 2.75) is 25.4 Å². The first-order valence-corrected chi connectivity index (χ1v) is 9.57. The van der Waals surface area contributed by atoms with Gasteiger partial charge in [0.1, 0.15) is 0 Å². The molecule has 1 aromatic heterocycles. The van der Waals surface area contributed by atoms with Gasteiger partial charge in [0.05, 0.1) is 11.3 Å². The second kappa shape index (κ2) is 7.49. The second-order valence-electron chi connectivity index (χ2n) is 7.06. The molecule has 0 unspecified atom stereocenters. The molecule has 4 heteroatoms. The van der Waals surface area contributed by atoms with Gasteiger partial charge < -0.3 is 9.64 Å². The first-order valence-electron chi connectivity index (χ1n) is 9.57. The molecule has 138 valence electrons. The summed E-state index contributed by atoms with van der Waals surface area (Å²) >= 11 is 0. The first kappa shape index (κ1) is 17.7. The molecule has 4 nitrogen and oxygen atoms in total. The molecular weight excluding hydrogens is 336 g/mol. The average molecular weight is 360 g/mol. The highest BCUT2D eigenvalue weighted by Crippen LogP contribution is 2.39. The van der Waals surface area contributed by atoms with E-state index in [4.69, 9.17) is 9.72 Å². The molecule has 2 heterocycles. The van der Waals surface area contributed by atoms with Gasteiger partial charge in [0.25, 0.3) is 0 Å². The van der Waals surface area contributed by atoms with Gasteiger partial charge in [-0.25, -0.2) is 4.79 Å². The van der Waals surface area contributed by atoms with Crippen molar-refractivity contribution in [1.82, 2.24) is 9.88 Å². The lowest BCUT2D eigenvalue weighted by atomic mass is 9.85. The summed E-state index contributed by atoms with van der Waals surface area (Å²) in [5.41, 5.74) is 0.759. The van der Waals surface area contributed by atoms with E-state index in [2.05, 4.69) is 24.0 Å². The minimum atomic E-state index is -0.695. The zero-order valence-electron chi connectivity index (χ0n) is 15.6. The Bertz CT molecular complexity index is 926. The molecular formula is C23H24N2O2. The van der Waals surface area contributed by atoms with Gasteiger partial charge in [0.2, 0.25) is 0 Å². The summed E-state index contributed by atoms with van der Waals surface area (Å²) in [5.74, 6) is -0.282. The summed E-state index contributed by atoms with van der Waals surface area (Å²) in [7, 11) is 0. The standard InChI is InChI=1S/C23H24N2O2/c1-2-25-16-13-23(14-17-25,27-22(26)19-9-4-3-5-10-19)21-20-11-7-6-8-18(20)12-15-24-21/h3-12,15H,2,13-14,16-17H2,1H3. The van der Waals surface area contributed by atoms with Gasteiger partial charge in [-0.3, -0.25) is 4.98 Å². The molecule has 0 spiro atoms. The number of fused-ring (bicyclic) bond motifs is 1. The summed E-state index contributed by atoms with van der Waals surface area (Å²) in [6.07, 6.45) is 3.32. The van der Waals surface area contributed by atoms with Gasteiger partial charge in [0.15, 0.2) is 5.60 Å². The fraction of sp³-hybridized carbons (Fsp3) is 0.304. The van der Waals surface area contributed by atoms with E-state index in [1.54, 1.807) is 12.1 Å². The number of hydrogen-bond donors (Lipinski definition) is 0. The molecule has 0 N–H and O–H groups in total. The number of likely N-dealkylation sites (tertiary alicyclic amines) is 1. The first-order chi connectivity index (χ1) is 13.2. The number of piperidine rings is 1. The molecule has 0 bridgehead atoms. The van der Waals surface area contributed by atoms with Crippen molar-refractivity contribution >= 4 is 16.7 Å². The van der Waals surface area contributed by atoms with Crippen LogP contribution in [0.4, 0.5) is 0 Å². The lowest BCUT2D eigenvalue weighted by Crippen LogP contribution is -2.45. The largest absolute Gasteiger partial charge is 0.449 e. The molecule has 4 rings (SSSR count). The summed E-state index contributed by atoms with van der Waals surface area (Å²) < 4.78 is 6.22. The maximum absolute atomic E-state index is 12.9. The van der Waals surface area contributed by atoms with E-state index in [-0.39, 0.29) is 5.97 Å². The molecule has 2 aromatic carbocycles. The quantitative estimate of drug-likeness (QED) is 0.647. The number of benzene rings is 2. The molecule has 1 aliphatic rings. The zero-order valence-corrected chi connectivity index (χ0v) is 15.6. The van der Waals surface area contributed by atoms with Crippen LogP contribution < -0.4 is 0 Å². The molecule has 0 amide bonds. The van der Waals surface area contributed by atoms with Crippen LogP contribution in [0.15, 0.2) is 66.9 Å². The monoisotopic (exact) mass is 360 g/mol. The van der Waals surface area contributed by atoms with Gasteiger partial charge in [-0.1, -0.05) is 49.4 Å². The Morgan fingerprint density at radius 3 is 2.48 bits per heavy atom. The summed E-state index contributed by atoms with van der Waals surface area (Å²) in [6.45, 7) is 4.96. The molecule has 0 aliphatic carbocycles. The Hall–Kier alpha value is -2.72. The number of pyridine rings is 1. The zero-order chi connectivity index (χ0) is 18.7. The predicted octanol–water partition coefficient (Wildman–Crippen LogP) is 4.40. The number of aromatic nitrogens is 1. The van der Waals surface area contributed by atoms with Gasteiger partial charge >= 0.3 is 5.97 Å². The van der Waals surface area contributed by atoms with Crippen molar-refractivity contribution in [2.75, 3.05) is 19.6 Å². The lowest BCUT2D eigenvalue weighted by Gasteiger charge is -2.41. The maximum atomic E-state index is 12.9. The van der Waals surface area contributed by atoms with Crippen LogP contribution in [0.2, 0.25) is 0 Å². The van der Waals surface area contributed by atoms with Gasteiger partial charge in [-0.05, 0) is 30.1 Å². The van der Waals surface area contributed by atoms with Crippen molar-refractivity contribution < 1.29 is 9.53 Å². The Kier molecular flexibility index (Phi) is 4.90. The highest BCUT2D eigenvalue weighted by molar-refractivity contribution is 5.90. The Morgan fingerprint density at radius 2 is 1.74 bits per heavy atom. The molecule has 1 fully saturated rings. The van der Waals surface area contributed by atoms with E-state index in [0.29, 0.717) is 5.56 Å². The number of carbonyl (C=O) groups excluding carboxylic acids is 1. The van der Waals surface area contributed by atoms with Crippen LogP contribution in [-0.4, -0.2) is 35.5 Å². The van der Waals surface area contributed by atoms with Crippen LogP contribution in [-0.2, 0) is 10.3 Å². The number of hydrogen-bond acceptors (Lipinski definition) is 4.